The van der Waals surface area contributed by atoms with Crippen LogP contribution in [0.4, 0.5) is 14.5 Å². The van der Waals surface area contributed by atoms with Gasteiger partial charge in [0, 0.05) is 17.7 Å². The number of halogens is 4. The first kappa shape index (κ1) is 20.2. The number of carbonyl (C=O) groups is 1. The number of aromatic amines is 1. The largest absolute Gasteiger partial charge is 1.00 e. The van der Waals surface area contributed by atoms with E-state index in [1.165, 1.54) is 18.2 Å². The lowest BCUT2D eigenvalue weighted by Gasteiger charge is -2.13. The van der Waals surface area contributed by atoms with Crippen molar-refractivity contribution < 1.29 is 40.4 Å². The van der Waals surface area contributed by atoms with Crippen molar-refractivity contribution in [2.45, 2.75) is 19.5 Å². The number of benzene rings is 1. The molecule has 0 saturated heterocycles. The molecular weight excluding hydrogens is 389 g/mol. The van der Waals surface area contributed by atoms with E-state index >= 15 is 0 Å². The second-order valence-electron chi connectivity index (χ2n) is 5.67. The first-order valence-corrected chi connectivity index (χ1v) is 8.09. The van der Waals surface area contributed by atoms with E-state index in [0.29, 0.717) is 23.4 Å². The summed E-state index contributed by atoms with van der Waals surface area (Å²) in [4.78, 5) is 15.1. The smallest absolute Gasteiger partial charge is 0.387 e. The number of alkyl halides is 2. The highest BCUT2D eigenvalue weighted by atomic mass is 35.5. The third kappa shape index (κ3) is 5.71. The van der Waals surface area contributed by atoms with Crippen LogP contribution in [0.2, 0.25) is 5.15 Å². The molecule has 1 aliphatic carbocycles. The highest BCUT2D eigenvalue weighted by Gasteiger charge is 2.23. The minimum atomic E-state index is -2.97. The van der Waals surface area contributed by atoms with Crippen LogP contribution in [0.3, 0.4) is 0 Å². The molecule has 1 saturated carbocycles. The molecule has 1 heterocycles. The van der Waals surface area contributed by atoms with Gasteiger partial charge in [-0.15, -0.1) is 0 Å². The number of hydrogen-bond acceptors (Lipinski definition) is 3. The molecule has 2 N–H and O–H groups in total. The Morgan fingerprint density at radius 3 is 2.69 bits per heavy atom. The van der Waals surface area contributed by atoms with Gasteiger partial charge in [-0.2, -0.15) is 8.78 Å². The van der Waals surface area contributed by atoms with E-state index < -0.39 is 12.5 Å². The molecule has 3 rings (SSSR count). The molecular formula is C17H16Cl2F2N2O3. The van der Waals surface area contributed by atoms with E-state index in [4.69, 9.17) is 16.3 Å². The van der Waals surface area contributed by atoms with Crippen LogP contribution in [0.1, 0.15) is 23.2 Å². The lowest BCUT2D eigenvalue weighted by molar-refractivity contribution is -0.375. The van der Waals surface area contributed by atoms with E-state index in [1.54, 1.807) is 18.3 Å². The summed E-state index contributed by atoms with van der Waals surface area (Å²) in [5, 5.41) is 3.04. The Morgan fingerprint density at radius 2 is 2.04 bits per heavy atom. The van der Waals surface area contributed by atoms with Crippen molar-refractivity contribution >= 4 is 23.2 Å². The van der Waals surface area contributed by atoms with Crippen molar-refractivity contribution in [2.75, 3.05) is 11.9 Å². The van der Waals surface area contributed by atoms with E-state index in [2.05, 4.69) is 15.0 Å². The summed E-state index contributed by atoms with van der Waals surface area (Å²) < 4.78 is 35.1. The summed E-state index contributed by atoms with van der Waals surface area (Å²) in [6.45, 7) is -2.56. The molecule has 1 fully saturated rings. The van der Waals surface area contributed by atoms with Crippen molar-refractivity contribution in [3.05, 3.63) is 47.2 Å². The van der Waals surface area contributed by atoms with Gasteiger partial charge >= 0.3 is 6.61 Å². The lowest BCUT2D eigenvalue weighted by Crippen LogP contribution is -3.00. The van der Waals surface area contributed by atoms with Gasteiger partial charge in [0.15, 0.2) is 17.7 Å². The van der Waals surface area contributed by atoms with Crippen LogP contribution in [0.25, 0.3) is 0 Å². The van der Waals surface area contributed by atoms with E-state index in [9.17, 15) is 13.6 Å². The zero-order valence-electron chi connectivity index (χ0n) is 13.5. The monoisotopic (exact) mass is 404 g/mol. The highest BCUT2D eigenvalue weighted by Crippen LogP contribution is 2.34. The Balaban J connectivity index is 0.00000243. The van der Waals surface area contributed by atoms with Gasteiger partial charge in [0.2, 0.25) is 0 Å². The number of aromatic nitrogens is 1. The maximum Gasteiger partial charge on any atom is 0.387 e. The van der Waals surface area contributed by atoms with Gasteiger partial charge in [-0.3, -0.25) is 4.79 Å². The number of carbonyl (C=O) groups excluding carboxylic acids is 1. The predicted molar refractivity (Wildman–Crippen MR) is 87.3 cm³/mol. The molecule has 140 valence electrons. The van der Waals surface area contributed by atoms with E-state index in [1.807, 2.05) is 0 Å². The topological polar surface area (TPSA) is 61.7 Å². The molecule has 1 amide bonds. The summed E-state index contributed by atoms with van der Waals surface area (Å²) in [5.41, 5.74) is 0.762. The Bertz CT molecular complexity index is 773. The molecule has 1 aliphatic rings. The number of anilines is 1. The Labute approximate surface area is 160 Å². The number of ether oxygens (including phenoxy) is 2. The van der Waals surface area contributed by atoms with Crippen LogP contribution in [0.15, 0.2) is 36.5 Å². The quantitative estimate of drug-likeness (QED) is 0.694. The maximum atomic E-state index is 12.5. The van der Waals surface area contributed by atoms with Gasteiger partial charge in [0.1, 0.15) is 0 Å². The van der Waals surface area contributed by atoms with Crippen molar-refractivity contribution in [3.8, 4) is 11.5 Å². The highest BCUT2D eigenvalue weighted by molar-refractivity contribution is 6.28. The van der Waals surface area contributed by atoms with Crippen LogP contribution in [-0.4, -0.2) is 19.1 Å². The zero-order valence-corrected chi connectivity index (χ0v) is 15.0. The van der Waals surface area contributed by atoms with Gasteiger partial charge in [-0.25, -0.2) is 4.98 Å². The first-order chi connectivity index (χ1) is 12.0. The molecule has 2 aromatic rings. The minimum Gasteiger partial charge on any atom is -1.00 e. The van der Waals surface area contributed by atoms with Gasteiger partial charge in [-0.05, 0) is 48.6 Å². The Morgan fingerprint density at radius 1 is 1.27 bits per heavy atom. The van der Waals surface area contributed by atoms with Crippen molar-refractivity contribution in [1.29, 1.82) is 0 Å². The molecule has 0 radical (unpaired) electrons. The fourth-order valence-corrected chi connectivity index (χ4v) is 2.35. The third-order valence-corrected chi connectivity index (χ3v) is 3.84. The summed E-state index contributed by atoms with van der Waals surface area (Å²) >= 11 is 5.83. The molecule has 0 atom stereocenters. The number of hydrogen-bond donors (Lipinski definition) is 1. The Kier molecular flexibility index (Phi) is 6.99. The molecule has 5 nitrogen and oxygen atoms in total. The number of rotatable bonds is 7. The average Bonchev–Trinajstić information content (AvgIpc) is 3.37. The molecule has 0 spiro atoms. The first-order valence-electron chi connectivity index (χ1n) is 7.71. The SMILES string of the molecule is O=C(Nc1cc[nH+]c(Cl)c1)c1ccc(OC(F)F)c(OCC2CC2)c1.[Cl-]. The van der Waals surface area contributed by atoms with Gasteiger partial charge in [0.25, 0.3) is 11.1 Å². The van der Waals surface area contributed by atoms with Gasteiger partial charge in [0.05, 0.1) is 12.3 Å². The number of amides is 1. The molecule has 0 aliphatic heterocycles. The van der Waals surface area contributed by atoms with Crippen LogP contribution < -0.4 is 32.2 Å². The maximum absolute atomic E-state index is 12.5. The second-order valence-corrected chi connectivity index (χ2v) is 6.08. The number of H-pyrrole nitrogens is 1. The normalized spacial score (nSPS) is 13.1. The van der Waals surface area contributed by atoms with Crippen LogP contribution in [0.5, 0.6) is 11.5 Å². The Hall–Kier alpha value is -2.12. The minimum absolute atomic E-state index is 0. The zero-order chi connectivity index (χ0) is 17.8. The van der Waals surface area contributed by atoms with Crippen molar-refractivity contribution in [1.82, 2.24) is 0 Å². The summed E-state index contributed by atoms with van der Waals surface area (Å²) in [5.74, 6) is 0.0468. The van der Waals surface area contributed by atoms with Crippen molar-refractivity contribution in [3.63, 3.8) is 0 Å². The second kappa shape index (κ2) is 9.00. The van der Waals surface area contributed by atoms with Crippen LogP contribution >= 0.6 is 11.6 Å². The summed E-state index contributed by atoms with van der Waals surface area (Å²) in [6.07, 6.45) is 3.69. The molecule has 0 bridgehead atoms. The van der Waals surface area contributed by atoms with Gasteiger partial charge < -0.3 is 27.2 Å². The molecule has 26 heavy (non-hydrogen) atoms. The standard InChI is InChI=1S/C17H15ClF2N2O3.ClH/c18-15-8-12(5-6-21-15)22-16(23)11-3-4-13(25-17(19)20)14(7-11)24-9-10-1-2-10;/h3-8,10,17H,1-2,9H2,(H,21,22,23);1H. The van der Waals surface area contributed by atoms with Crippen molar-refractivity contribution in [2.24, 2.45) is 5.92 Å². The number of pyridine rings is 1. The van der Waals surface area contributed by atoms with E-state index in [-0.39, 0.29) is 29.5 Å². The summed E-state index contributed by atoms with van der Waals surface area (Å²) in [6, 6.07) is 7.29. The fourth-order valence-electron chi connectivity index (χ4n) is 2.17. The third-order valence-electron chi connectivity index (χ3n) is 3.62. The van der Waals surface area contributed by atoms with Crippen LogP contribution in [0, 0.1) is 5.92 Å². The predicted octanol–water partition coefficient (Wildman–Crippen LogP) is 0.801. The average molecular weight is 405 g/mol. The lowest BCUT2D eigenvalue weighted by atomic mass is 10.2. The molecule has 0 unspecified atom stereocenters. The molecule has 9 heteroatoms. The summed E-state index contributed by atoms with van der Waals surface area (Å²) in [7, 11) is 0. The fraction of sp³-hybridized carbons (Fsp3) is 0.294. The number of nitrogens with one attached hydrogen (secondary N) is 2. The van der Waals surface area contributed by atoms with Crippen LogP contribution in [-0.2, 0) is 0 Å². The molecule has 1 aromatic heterocycles. The van der Waals surface area contributed by atoms with Gasteiger partial charge in [-0.1, -0.05) is 0 Å². The van der Waals surface area contributed by atoms with E-state index in [0.717, 1.165) is 12.8 Å². The molecule has 1 aromatic carbocycles.